The number of halogens is 1. The van der Waals surface area contributed by atoms with Gasteiger partial charge in [0.05, 0.1) is 10.6 Å². The lowest BCUT2D eigenvalue weighted by Gasteiger charge is -2.17. The summed E-state index contributed by atoms with van der Waals surface area (Å²) in [4.78, 5) is 13.4. The molecule has 1 aliphatic heterocycles. The molecule has 3 rings (SSSR count). The van der Waals surface area contributed by atoms with Crippen LogP contribution in [0.15, 0.2) is 52.3 Å². The highest BCUT2D eigenvalue weighted by Gasteiger charge is 2.30. The number of sulfonamides is 1. The van der Waals surface area contributed by atoms with Gasteiger partial charge in [0.15, 0.2) is 0 Å². The molecule has 5 nitrogen and oxygen atoms in total. The predicted octanol–water partition coefficient (Wildman–Crippen LogP) is 4.07. The maximum atomic E-state index is 12.7. The van der Waals surface area contributed by atoms with Crippen LogP contribution in [0.1, 0.15) is 23.2 Å². The number of carbonyl (C=O) groups is 1. The third kappa shape index (κ3) is 4.06. The molecule has 0 spiro atoms. The number of esters is 1. The first-order valence-corrected chi connectivity index (χ1v) is 11.1. The number of thioether (sulfide) groups is 1. The highest BCUT2D eigenvalue weighted by molar-refractivity contribution is 7.98. The molecule has 1 fully saturated rings. The van der Waals surface area contributed by atoms with Crippen LogP contribution in [0.5, 0.6) is 5.75 Å². The maximum Gasteiger partial charge on any atom is 0.343 e. The van der Waals surface area contributed by atoms with Crippen LogP contribution in [0.3, 0.4) is 0 Å². The van der Waals surface area contributed by atoms with E-state index in [0.717, 1.165) is 17.7 Å². The highest BCUT2D eigenvalue weighted by Crippen LogP contribution is 2.28. The van der Waals surface area contributed by atoms with E-state index in [0.29, 0.717) is 18.8 Å². The zero-order valence-corrected chi connectivity index (χ0v) is 16.5. The molecule has 1 saturated heterocycles. The van der Waals surface area contributed by atoms with Crippen molar-refractivity contribution in [2.75, 3.05) is 19.3 Å². The minimum Gasteiger partial charge on any atom is -0.423 e. The van der Waals surface area contributed by atoms with Crippen molar-refractivity contribution in [2.24, 2.45) is 0 Å². The number of hydrogen-bond donors (Lipinski definition) is 0. The van der Waals surface area contributed by atoms with Crippen LogP contribution in [0.25, 0.3) is 0 Å². The van der Waals surface area contributed by atoms with Crippen LogP contribution in [0.2, 0.25) is 5.02 Å². The Kier molecular flexibility index (Phi) is 5.92. The smallest absolute Gasteiger partial charge is 0.343 e. The topological polar surface area (TPSA) is 63.7 Å². The van der Waals surface area contributed by atoms with Gasteiger partial charge in [0.2, 0.25) is 10.0 Å². The SMILES string of the molecule is CSc1ccc(OC(=O)c2ccc(Cl)c(S(=O)(=O)N3CCCC3)c2)cc1. The monoisotopic (exact) mass is 411 g/mol. The minimum atomic E-state index is -3.72. The first-order valence-electron chi connectivity index (χ1n) is 8.08. The molecule has 0 N–H and O–H groups in total. The molecular formula is C18H18ClNO4S2. The molecule has 0 atom stereocenters. The maximum absolute atomic E-state index is 12.7. The van der Waals surface area contributed by atoms with Crippen molar-refractivity contribution in [3.05, 3.63) is 53.1 Å². The average Bonchev–Trinajstić information content (AvgIpc) is 3.18. The fraction of sp³-hybridized carbons (Fsp3) is 0.278. The van der Waals surface area contributed by atoms with E-state index in [4.69, 9.17) is 16.3 Å². The molecule has 1 aliphatic rings. The molecule has 8 heteroatoms. The van der Waals surface area contributed by atoms with Crippen LogP contribution in [-0.2, 0) is 10.0 Å². The molecule has 2 aromatic rings. The second kappa shape index (κ2) is 8.00. The van der Waals surface area contributed by atoms with E-state index in [1.807, 2.05) is 18.4 Å². The van der Waals surface area contributed by atoms with Crippen LogP contribution in [-0.4, -0.2) is 38.0 Å². The minimum absolute atomic E-state index is 0.0618. The molecular weight excluding hydrogens is 394 g/mol. The number of benzene rings is 2. The quantitative estimate of drug-likeness (QED) is 0.421. The van der Waals surface area contributed by atoms with Gasteiger partial charge < -0.3 is 4.74 Å². The average molecular weight is 412 g/mol. The lowest BCUT2D eigenvalue weighted by molar-refractivity contribution is 0.0734. The van der Waals surface area contributed by atoms with E-state index >= 15 is 0 Å². The van der Waals surface area contributed by atoms with Crippen LogP contribution >= 0.6 is 23.4 Å². The second-order valence-corrected chi connectivity index (χ2v) is 9.01. The van der Waals surface area contributed by atoms with Crippen molar-refractivity contribution in [2.45, 2.75) is 22.6 Å². The first kappa shape index (κ1) is 19.2. The van der Waals surface area contributed by atoms with Gasteiger partial charge in [0, 0.05) is 18.0 Å². The van der Waals surface area contributed by atoms with E-state index in [1.54, 1.807) is 23.9 Å². The predicted molar refractivity (Wildman–Crippen MR) is 103 cm³/mol. The molecule has 138 valence electrons. The summed E-state index contributed by atoms with van der Waals surface area (Å²) < 4.78 is 32.2. The van der Waals surface area contributed by atoms with E-state index in [1.165, 1.54) is 22.5 Å². The summed E-state index contributed by atoms with van der Waals surface area (Å²) in [5.41, 5.74) is 0.140. The normalized spacial score (nSPS) is 15.2. The fourth-order valence-electron chi connectivity index (χ4n) is 2.71. The number of ether oxygens (including phenoxy) is 1. The van der Waals surface area contributed by atoms with E-state index < -0.39 is 16.0 Å². The Morgan fingerprint density at radius 2 is 1.77 bits per heavy atom. The Labute approximate surface area is 162 Å². The molecule has 2 aromatic carbocycles. The Morgan fingerprint density at radius 1 is 1.12 bits per heavy atom. The van der Waals surface area contributed by atoms with Crippen molar-refractivity contribution in [3.63, 3.8) is 0 Å². The second-order valence-electron chi connectivity index (χ2n) is 5.82. The Hall–Kier alpha value is -1.54. The summed E-state index contributed by atoms with van der Waals surface area (Å²) in [6.07, 6.45) is 3.60. The van der Waals surface area contributed by atoms with Gasteiger partial charge in [-0.3, -0.25) is 0 Å². The number of nitrogens with zero attached hydrogens (tertiary/aromatic N) is 1. The first-order chi connectivity index (χ1) is 12.4. The zero-order valence-electron chi connectivity index (χ0n) is 14.1. The highest BCUT2D eigenvalue weighted by atomic mass is 35.5. The van der Waals surface area contributed by atoms with Gasteiger partial charge in [-0.25, -0.2) is 13.2 Å². The van der Waals surface area contributed by atoms with Crippen molar-refractivity contribution in [1.82, 2.24) is 4.31 Å². The van der Waals surface area contributed by atoms with Crippen molar-refractivity contribution in [1.29, 1.82) is 0 Å². The summed E-state index contributed by atoms with van der Waals surface area (Å²) in [6.45, 7) is 0.935. The third-order valence-electron chi connectivity index (χ3n) is 4.12. The summed E-state index contributed by atoms with van der Waals surface area (Å²) in [5, 5.41) is 0.0952. The Balaban J connectivity index is 1.85. The lowest BCUT2D eigenvalue weighted by atomic mass is 10.2. The summed E-state index contributed by atoms with van der Waals surface area (Å²) in [7, 11) is -3.72. The summed E-state index contributed by atoms with van der Waals surface area (Å²) in [5.74, 6) is -0.233. The van der Waals surface area contributed by atoms with Crippen LogP contribution in [0.4, 0.5) is 0 Å². The van der Waals surface area contributed by atoms with E-state index in [2.05, 4.69) is 0 Å². The molecule has 0 amide bonds. The van der Waals surface area contributed by atoms with Crippen molar-refractivity contribution >= 4 is 39.4 Å². The van der Waals surface area contributed by atoms with Gasteiger partial charge in [-0.15, -0.1) is 11.8 Å². The zero-order chi connectivity index (χ0) is 18.7. The van der Waals surface area contributed by atoms with Gasteiger partial charge in [-0.2, -0.15) is 4.31 Å². The largest absolute Gasteiger partial charge is 0.423 e. The van der Waals surface area contributed by atoms with E-state index in [9.17, 15) is 13.2 Å². The standard InChI is InChI=1S/C18H18ClNO4S2/c1-25-15-7-5-14(6-8-15)24-18(21)13-4-9-16(19)17(12-13)26(22,23)20-10-2-3-11-20/h4-9,12H,2-3,10-11H2,1H3. The molecule has 0 aromatic heterocycles. The molecule has 1 heterocycles. The third-order valence-corrected chi connectivity index (χ3v) is 7.24. The van der Waals surface area contributed by atoms with Crippen molar-refractivity contribution in [3.8, 4) is 5.75 Å². The number of rotatable bonds is 5. The van der Waals surface area contributed by atoms with Gasteiger partial charge >= 0.3 is 5.97 Å². The molecule has 0 bridgehead atoms. The fourth-order valence-corrected chi connectivity index (χ4v) is 5.13. The van der Waals surface area contributed by atoms with Gasteiger partial charge in [0.1, 0.15) is 10.6 Å². The van der Waals surface area contributed by atoms with Gasteiger partial charge in [-0.05, 0) is 61.6 Å². The molecule has 26 heavy (non-hydrogen) atoms. The lowest BCUT2D eigenvalue weighted by Crippen LogP contribution is -2.28. The Bertz CT molecular complexity index is 907. The molecule has 0 aliphatic carbocycles. The number of hydrogen-bond acceptors (Lipinski definition) is 5. The van der Waals surface area contributed by atoms with Crippen molar-refractivity contribution < 1.29 is 17.9 Å². The molecule has 0 saturated carbocycles. The van der Waals surface area contributed by atoms with Gasteiger partial charge in [0.25, 0.3) is 0 Å². The van der Waals surface area contributed by atoms with Crippen LogP contribution < -0.4 is 4.74 Å². The van der Waals surface area contributed by atoms with E-state index in [-0.39, 0.29) is 15.5 Å². The van der Waals surface area contributed by atoms with Gasteiger partial charge in [-0.1, -0.05) is 11.6 Å². The summed E-state index contributed by atoms with van der Waals surface area (Å²) in [6, 6.07) is 11.2. The molecule has 0 radical (unpaired) electrons. The Morgan fingerprint density at radius 3 is 2.38 bits per heavy atom. The number of carbonyl (C=O) groups excluding carboxylic acids is 1. The molecule has 0 unspecified atom stereocenters. The van der Waals surface area contributed by atoms with Crippen LogP contribution in [0, 0.1) is 0 Å². The summed E-state index contributed by atoms with van der Waals surface area (Å²) >= 11 is 7.68.